The highest BCUT2D eigenvalue weighted by atomic mass is 79.9. The van der Waals surface area contributed by atoms with Gasteiger partial charge in [-0.25, -0.2) is 4.79 Å². The van der Waals surface area contributed by atoms with Crippen LogP contribution in [-0.2, 0) is 6.61 Å². The second-order valence-electron chi connectivity index (χ2n) is 4.08. The minimum atomic E-state index is -0.974. The molecule has 0 bridgehead atoms. The van der Waals surface area contributed by atoms with Crippen LogP contribution in [0.1, 0.15) is 15.9 Å². The van der Waals surface area contributed by atoms with E-state index in [1.807, 2.05) is 18.2 Å². The molecular weight excluding hydrogens is 324 g/mol. The van der Waals surface area contributed by atoms with Crippen LogP contribution in [0.2, 0.25) is 0 Å². The van der Waals surface area contributed by atoms with E-state index < -0.39 is 5.97 Å². The van der Waals surface area contributed by atoms with Crippen LogP contribution in [0.5, 0.6) is 11.5 Å². The average molecular weight is 337 g/mol. The van der Waals surface area contributed by atoms with E-state index in [1.165, 1.54) is 12.1 Å². The summed E-state index contributed by atoms with van der Waals surface area (Å²) >= 11 is 3.44. The fourth-order valence-corrected chi connectivity index (χ4v) is 2.03. The molecule has 2 rings (SSSR count). The summed E-state index contributed by atoms with van der Waals surface area (Å²) in [7, 11) is 1.60. The lowest BCUT2D eigenvalue weighted by atomic mass is 10.2. The first-order chi connectivity index (χ1) is 9.60. The first-order valence-electron chi connectivity index (χ1n) is 5.88. The number of carbonyl (C=O) groups is 1. The monoisotopic (exact) mass is 336 g/mol. The summed E-state index contributed by atoms with van der Waals surface area (Å²) in [6, 6.07) is 12.0. The molecule has 0 fully saturated rings. The van der Waals surface area contributed by atoms with Crippen LogP contribution >= 0.6 is 15.9 Å². The number of ether oxygens (including phenoxy) is 2. The number of hydrogen-bond acceptors (Lipinski definition) is 3. The Hall–Kier alpha value is -2.01. The van der Waals surface area contributed by atoms with Gasteiger partial charge in [-0.3, -0.25) is 0 Å². The number of aromatic carboxylic acids is 1. The van der Waals surface area contributed by atoms with Crippen molar-refractivity contribution in [1.82, 2.24) is 0 Å². The lowest BCUT2D eigenvalue weighted by Gasteiger charge is -2.10. The molecule has 1 N–H and O–H groups in total. The molecule has 0 atom stereocenters. The summed E-state index contributed by atoms with van der Waals surface area (Å²) in [5.74, 6) is 0.281. The van der Waals surface area contributed by atoms with Gasteiger partial charge >= 0.3 is 5.97 Å². The summed E-state index contributed by atoms with van der Waals surface area (Å²) in [6.07, 6.45) is 0. The molecule has 4 nitrogen and oxygen atoms in total. The third-order valence-corrected chi connectivity index (χ3v) is 3.50. The van der Waals surface area contributed by atoms with Crippen molar-refractivity contribution >= 4 is 21.9 Å². The van der Waals surface area contributed by atoms with E-state index in [-0.39, 0.29) is 5.56 Å². The van der Waals surface area contributed by atoms with Crippen molar-refractivity contribution in [3.05, 3.63) is 58.1 Å². The fourth-order valence-electron chi connectivity index (χ4n) is 1.67. The molecule has 0 unspecified atom stereocenters. The van der Waals surface area contributed by atoms with Crippen molar-refractivity contribution < 1.29 is 19.4 Å². The smallest absolute Gasteiger partial charge is 0.335 e. The van der Waals surface area contributed by atoms with Crippen molar-refractivity contribution in [3.63, 3.8) is 0 Å². The summed E-state index contributed by atoms with van der Waals surface area (Å²) in [4.78, 5) is 10.9. The molecule has 0 saturated heterocycles. The second-order valence-corrected chi connectivity index (χ2v) is 4.93. The maximum atomic E-state index is 10.9. The van der Waals surface area contributed by atoms with E-state index in [9.17, 15) is 4.79 Å². The van der Waals surface area contributed by atoms with Gasteiger partial charge in [-0.05, 0) is 36.4 Å². The SMILES string of the molecule is COc1ccc(Br)c(COc2cccc(C(=O)O)c2)c1. The van der Waals surface area contributed by atoms with E-state index in [4.69, 9.17) is 14.6 Å². The van der Waals surface area contributed by atoms with Gasteiger partial charge < -0.3 is 14.6 Å². The van der Waals surface area contributed by atoms with Gasteiger partial charge in [0.1, 0.15) is 18.1 Å². The standard InChI is InChI=1S/C15H13BrO4/c1-19-12-5-6-14(16)11(8-12)9-20-13-4-2-3-10(7-13)15(17)18/h2-8H,9H2,1H3,(H,17,18). The van der Waals surface area contributed by atoms with Gasteiger partial charge in [0, 0.05) is 10.0 Å². The normalized spacial score (nSPS) is 10.1. The molecular formula is C15H13BrO4. The quantitative estimate of drug-likeness (QED) is 0.903. The Bertz CT molecular complexity index is 625. The summed E-state index contributed by atoms with van der Waals surface area (Å²) in [6.45, 7) is 0.320. The molecule has 0 amide bonds. The van der Waals surface area contributed by atoms with Crippen LogP contribution in [0.3, 0.4) is 0 Å². The van der Waals surface area contributed by atoms with E-state index >= 15 is 0 Å². The third kappa shape index (κ3) is 3.51. The fraction of sp³-hybridized carbons (Fsp3) is 0.133. The number of carboxylic acids is 1. The van der Waals surface area contributed by atoms with Crippen molar-refractivity contribution in [2.24, 2.45) is 0 Å². The Kier molecular flexibility index (Phi) is 4.63. The van der Waals surface area contributed by atoms with E-state index in [0.717, 1.165) is 15.8 Å². The molecule has 0 radical (unpaired) electrons. The van der Waals surface area contributed by atoms with Crippen molar-refractivity contribution in [2.45, 2.75) is 6.61 Å². The minimum Gasteiger partial charge on any atom is -0.497 e. The zero-order valence-corrected chi connectivity index (χ0v) is 12.4. The Morgan fingerprint density at radius 2 is 2.00 bits per heavy atom. The van der Waals surface area contributed by atoms with Gasteiger partial charge in [-0.2, -0.15) is 0 Å². The molecule has 0 aromatic heterocycles. The van der Waals surface area contributed by atoms with Crippen LogP contribution in [0.4, 0.5) is 0 Å². The highest BCUT2D eigenvalue weighted by molar-refractivity contribution is 9.10. The van der Waals surface area contributed by atoms with Crippen molar-refractivity contribution in [3.8, 4) is 11.5 Å². The largest absolute Gasteiger partial charge is 0.497 e. The Labute approximate surface area is 125 Å². The van der Waals surface area contributed by atoms with Gasteiger partial charge in [0.15, 0.2) is 0 Å². The first kappa shape index (κ1) is 14.4. The number of hydrogen-bond donors (Lipinski definition) is 1. The molecule has 104 valence electrons. The predicted molar refractivity (Wildman–Crippen MR) is 78.4 cm³/mol. The summed E-state index contributed by atoms with van der Waals surface area (Å²) < 4.78 is 11.7. The number of carboxylic acid groups (broad SMARTS) is 1. The number of halogens is 1. The van der Waals surface area contributed by atoms with Gasteiger partial charge in [-0.1, -0.05) is 22.0 Å². The lowest BCUT2D eigenvalue weighted by Crippen LogP contribution is -2.00. The van der Waals surface area contributed by atoms with Gasteiger partial charge in [0.2, 0.25) is 0 Å². The molecule has 2 aromatic rings. The van der Waals surface area contributed by atoms with Crippen LogP contribution in [0.15, 0.2) is 46.9 Å². The molecule has 0 heterocycles. The minimum absolute atomic E-state index is 0.201. The molecule has 0 spiro atoms. The molecule has 0 saturated carbocycles. The van der Waals surface area contributed by atoms with E-state index in [1.54, 1.807) is 19.2 Å². The van der Waals surface area contributed by atoms with Gasteiger partial charge in [-0.15, -0.1) is 0 Å². The lowest BCUT2D eigenvalue weighted by molar-refractivity contribution is 0.0696. The molecule has 0 aliphatic rings. The van der Waals surface area contributed by atoms with Crippen LogP contribution in [0.25, 0.3) is 0 Å². The molecule has 2 aromatic carbocycles. The van der Waals surface area contributed by atoms with Crippen LogP contribution in [0, 0.1) is 0 Å². The van der Waals surface area contributed by atoms with Crippen molar-refractivity contribution in [1.29, 1.82) is 0 Å². The molecule has 0 aliphatic carbocycles. The maximum absolute atomic E-state index is 10.9. The predicted octanol–water partition coefficient (Wildman–Crippen LogP) is 3.73. The number of methoxy groups -OCH3 is 1. The topological polar surface area (TPSA) is 55.8 Å². The zero-order chi connectivity index (χ0) is 14.5. The Morgan fingerprint density at radius 1 is 1.20 bits per heavy atom. The highest BCUT2D eigenvalue weighted by Crippen LogP contribution is 2.24. The maximum Gasteiger partial charge on any atom is 0.335 e. The molecule has 5 heteroatoms. The zero-order valence-electron chi connectivity index (χ0n) is 10.8. The Balaban J connectivity index is 2.12. The van der Waals surface area contributed by atoms with Gasteiger partial charge in [0.25, 0.3) is 0 Å². The third-order valence-electron chi connectivity index (χ3n) is 2.73. The summed E-state index contributed by atoms with van der Waals surface area (Å²) in [5, 5.41) is 8.93. The molecule has 20 heavy (non-hydrogen) atoms. The van der Waals surface area contributed by atoms with Gasteiger partial charge in [0.05, 0.1) is 12.7 Å². The second kappa shape index (κ2) is 6.43. The number of benzene rings is 2. The first-order valence-corrected chi connectivity index (χ1v) is 6.68. The molecule has 0 aliphatic heterocycles. The number of rotatable bonds is 5. The van der Waals surface area contributed by atoms with Crippen LogP contribution in [-0.4, -0.2) is 18.2 Å². The Morgan fingerprint density at radius 3 is 2.70 bits per heavy atom. The van der Waals surface area contributed by atoms with Crippen molar-refractivity contribution in [2.75, 3.05) is 7.11 Å². The van der Waals surface area contributed by atoms with E-state index in [2.05, 4.69) is 15.9 Å². The summed E-state index contributed by atoms with van der Waals surface area (Å²) in [5.41, 5.74) is 1.12. The highest BCUT2D eigenvalue weighted by Gasteiger charge is 2.06. The average Bonchev–Trinajstić information content (AvgIpc) is 2.46. The van der Waals surface area contributed by atoms with E-state index in [0.29, 0.717) is 12.4 Å². The van der Waals surface area contributed by atoms with Crippen LogP contribution < -0.4 is 9.47 Å².